The summed E-state index contributed by atoms with van der Waals surface area (Å²) in [6.07, 6.45) is 0. The van der Waals surface area contributed by atoms with Gasteiger partial charge in [-0.3, -0.25) is 0 Å². The molecule has 0 saturated heterocycles. The number of nitrogens with zero attached hydrogens (tertiary/aromatic N) is 1. The molecule has 0 fully saturated rings. The molecule has 1 aromatic carbocycles. The SMILES string of the molecule is [CH3][Ti][c]1nc2ccccc2s1. The van der Waals surface area contributed by atoms with Crippen molar-refractivity contribution in [2.45, 2.75) is 5.23 Å². The molecule has 0 spiro atoms. The van der Waals surface area contributed by atoms with Crippen molar-refractivity contribution in [3.05, 3.63) is 24.3 Å². The summed E-state index contributed by atoms with van der Waals surface area (Å²) in [6.45, 7) is 0. The van der Waals surface area contributed by atoms with Crippen molar-refractivity contribution in [3.8, 4) is 0 Å². The summed E-state index contributed by atoms with van der Waals surface area (Å²) in [6, 6.07) is 8.33. The summed E-state index contributed by atoms with van der Waals surface area (Å²) in [5, 5.41) is 2.26. The Bertz CT molecular complexity index is 336. The average molecular weight is 197 g/mol. The molecule has 2 aromatic rings. The second kappa shape index (κ2) is 3.06. The topological polar surface area (TPSA) is 12.9 Å². The monoisotopic (exact) mass is 197 g/mol. The maximum atomic E-state index is 4.51. The second-order valence-electron chi connectivity index (χ2n) is 2.24. The molecule has 0 bridgehead atoms. The molecule has 0 aliphatic carbocycles. The van der Waals surface area contributed by atoms with E-state index in [0.29, 0.717) is 0 Å². The second-order valence-corrected chi connectivity index (χ2v) is 5.35. The van der Waals surface area contributed by atoms with Gasteiger partial charge in [-0.05, 0) is 0 Å². The van der Waals surface area contributed by atoms with Crippen molar-refractivity contribution >= 4 is 24.9 Å². The van der Waals surface area contributed by atoms with E-state index in [4.69, 9.17) is 0 Å². The van der Waals surface area contributed by atoms with Crippen molar-refractivity contribution in [1.29, 1.82) is 0 Å². The van der Waals surface area contributed by atoms with Crippen LogP contribution in [0, 0.1) is 0 Å². The van der Waals surface area contributed by atoms with Gasteiger partial charge in [-0.2, -0.15) is 0 Å². The minimum absolute atomic E-state index is 0.0496. The van der Waals surface area contributed by atoms with Crippen LogP contribution >= 0.6 is 11.3 Å². The molecule has 0 amide bonds. The van der Waals surface area contributed by atoms with E-state index in [1.165, 1.54) is 8.01 Å². The Morgan fingerprint density at radius 1 is 1.36 bits per heavy atom. The van der Waals surface area contributed by atoms with Crippen molar-refractivity contribution in [2.75, 3.05) is 0 Å². The molecule has 3 heteroatoms. The van der Waals surface area contributed by atoms with E-state index in [-0.39, 0.29) is 19.2 Å². The predicted molar refractivity (Wildman–Crippen MR) is 45.1 cm³/mol. The van der Waals surface area contributed by atoms with Gasteiger partial charge in [0.05, 0.1) is 0 Å². The third kappa shape index (κ3) is 1.39. The molecule has 1 nitrogen and oxygen atoms in total. The number of para-hydroxylation sites is 1. The van der Waals surface area contributed by atoms with Crippen molar-refractivity contribution in [3.63, 3.8) is 0 Å². The van der Waals surface area contributed by atoms with Crippen LogP contribution < -0.4 is 3.31 Å². The molecule has 0 aliphatic rings. The Morgan fingerprint density at radius 2 is 2.18 bits per heavy atom. The fourth-order valence-electron chi connectivity index (χ4n) is 0.979. The zero-order valence-corrected chi connectivity index (χ0v) is 8.54. The van der Waals surface area contributed by atoms with Crippen LogP contribution in [0.5, 0.6) is 0 Å². The van der Waals surface area contributed by atoms with E-state index in [0.717, 1.165) is 5.52 Å². The van der Waals surface area contributed by atoms with Crippen LogP contribution in [0.15, 0.2) is 24.3 Å². The number of benzene rings is 1. The molecule has 1 heterocycles. The average Bonchev–Trinajstić information content (AvgIpc) is 2.46. The molecule has 0 unspecified atom stereocenters. The molecule has 0 aliphatic heterocycles. The molecule has 0 saturated carbocycles. The summed E-state index contributed by atoms with van der Waals surface area (Å²) in [4.78, 5) is 4.51. The number of hydrogen-bond acceptors (Lipinski definition) is 2. The Morgan fingerprint density at radius 3 is 2.91 bits per heavy atom. The number of rotatable bonds is 1. The Hall–Kier alpha value is -0.176. The Labute approximate surface area is 78.4 Å². The van der Waals surface area contributed by atoms with Gasteiger partial charge in [-0.15, -0.1) is 0 Å². The van der Waals surface area contributed by atoms with Gasteiger partial charge in [-0.1, -0.05) is 0 Å². The van der Waals surface area contributed by atoms with E-state index in [2.05, 4.69) is 28.4 Å². The first-order chi connectivity index (χ1) is 5.40. The molecule has 1 aromatic heterocycles. The van der Waals surface area contributed by atoms with Crippen LogP contribution in [-0.4, -0.2) is 4.98 Å². The van der Waals surface area contributed by atoms with Gasteiger partial charge in [0.2, 0.25) is 0 Å². The van der Waals surface area contributed by atoms with E-state index >= 15 is 0 Å². The fourth-order valence-corrected chi connectivity index (χ4v) is 3.15. The summed E-state index contributed by atoms with van der Waals surface area (Å²) in [5.74, 6) is 0. The van der Waals surface area contributed by atoms with E-state index in [1.807, 2.05) is 17.4 Å². The van der Waals surface area contributed by atoms with E-state index < -0.39 is 0 Å². The Kier molecular flexibility index (Phi) is 2.08. The van der Waals surface area contributed by atoms with Gasteiger partial charge in [0.1, 0.15) is 0 Å². The molecule has 0 atom stereocenters. The summed E-state index contributed by atoms with van der Waals surface area (Å²) in [5.41, 5.74) is 1.16. The minimum atomic E-state index is 0.0496. The third-order valence-corrected chi connectivity index (χ3v) is 4.52. The van der Waals surface area contributed by atoms with Crippen LogP contribution in [-0.2, 0) is 19.2 Å². The van der Waals surface area contributed by atoms with Crippen LogP contribution in [0.1, 0.15) is 0 Å². The van der Waals surface area contributed by atoms with Gasteiger partial charge in [-0.25, -0.2) is 0 Å². The van der Waals surface area contributed by atoms with Gasteiger partial charge >= 0.3 is 78.5 Å². The molecular formula is C8H7NSTi. The van der Waals surface area contributed by atoms with E-state index in [1.54, 1.807) is 0 Å². The zero-order chi connectivity index (χ0) is 7.68. The summed E-state index contributed by atoms with van der Waals surface area (Å²) in [7, 11) is 0. The number of hydrogen-bond donors (Lipinski definition) is 0. The summed E-state index contributed by atoms with van der Waals surface area (Å²) >= 11 is 1.89. The summed E-state index contributed by atoms with van der Waals surface area (Å²) < 4.78 is 2.68. The quantitative estimate of drug-likeness (QED) is 0.637. The first kappa shape index (κ1) is 7.47. The molecule has 11 heavy (non-hydrogen) atoms. The standard InChI is InChI=1S/C7H4NS.CH3.Ti/c1-2-4-7-6(3-1)8-5-9-7;;/h1-4H;1H3;. The van der Waals surface area contributed by atoms with Crippen LogP contribution in [0.2, 0.25) is 5.23 Å². The molecule has 54 valence electrons. The van der Waals surface area contributed by atoms with Gasteiger partial charge in [0.25, 0.3) is 0 Å². The first-order valence-corrected chi connectivity index (χ1v) is 6.59. The van der Waals surface area contributed by atoms with Gasteiger partial charge in [0.15, 0.2) is 0 Å². The predicted octanol–water partition coefficient (Wildman–Crippen LogP) is 2.05. The number of fused-ring (bicyclic) bond motifs is 1. The normalized spacial score (nSPS) is 10.3. The zero-order valence-electron chi connectivity index (χ0n) is 6.16. The van der Waals surface area contributed by atoms with Crippen LogP contribution in [0.25, 0.3) is 10.2 Å². The first-order valence-electron chi connectivity index (χ1n) is 3.43. The third-order valence-electron chi connectivity index (χ3n) is 1.51. The van der Waals surface area contributed by atoms with E-state index in [9.17, 15) is 0 Å². The van der Waals surface area contributed by atoms with Gasteiger partial charge in [0, 0.05) is 0 Å². The Balaban J connectivity index is 2.69. The molecule has 2 rings (SSSR count). The van der Waals surface area contributed by atoms with Crippen molar-refractivity contribution in [1.82, 2.24) is 4.98 Å². The van der Waals surface area contributed by atoms with Crippen LogP contribution in [0.4, 0.5) is 0 Å². The van der Waals surface area contributed by atoms with Crippen LogP contribution in [0.3, 0.4) is 0 Å². The molecular weight excluding hydrogens is 190 g/mol. The number of aromatic nitrogens is 1. The molecule has 0 N–H and O–H groups in total. The number of thiazole rings is 1. The van der Waals surface area contributed by atoms with Gasteiger partial charge < -0.3 is 0 Å². The van der Waals surface area contributed by atoms with Crippen molar-refractivity contribution in [2.24, 2.45) is 0 Å². The fraction of sp³-hybridized carbons (Fsp3) is 0.125. The van der Waals surface area contributed by atoms with Crippen molar-refractivity contribution < 1.29 is 19.2 Å². The maximum absolute atomic E-state index is 4.51. The molecule has 0 radical (unpaired) electrons.